The summed E-state index contributed by atoms with van der Waals surface area (Å²) in [4.78, 5) is 14.3. The van der Waals surface area contributed by atoms with Gasteiger partial charge in [-0.05, 0) is 63.2 Å². The second-order valence-corrected chi connectivity index (χ2v) is 11.2. The summed E-state index contributed by atoms with van der Waals surface area (Å²) < 4.78 is 40.0. The minimum absolute atomic E-state index is 0.0492. The van der Waals surface area contributed by atoms with Crippen molar-refractivity contribution in [3.63, 3.8) is 0 Å². The van der Waals surface area contributed by atoms with Crippen molar-refractivity contribution in [3.05, 3.63) is 0 Å². The second kappa shape index (κ2) is 7.22. The van der Waals surface area contributed by atoms with Crippen molar-refractivity contribution in [3.8, 4) is 6.07 Å². The average molecular weight is 413 g/mol. The highest BCUT2D eigenvalue weighted by Crippen LogP contribution is 2.57. The Morgan fingerprint density at radius 2 is 1.89 bits per heavy atom. The maximum Gasteiger partial charge on any atom is 0.237 e. The van der Waals surface area contributed by atoms with Gasteiger partial charge in [0.05, 0.1) is 18.4 Å². The molecule has 0 aromatic carbocycles. The third kappa shape index (κ3) is 3.79. The molecule has 1 saturated heterocycles. The largest absolute Gasteiger partial charge is 0.326 e. The van der Waals surface area contributed by atoms with Crippen LogP contribution in [0.3, 0.4) is 0 Å². The van der Waals surface area contributed by atoms with E-state index >= 15 is 0 Å². The van der Waals surface area contributed by atoms with Gasteiger partial charge in [0.15, 0.2) is 0 Å². The van der Waals surface area contributed by atoms with E-state index in [1.807, 2.05) is 0 Å². The fourth-order valence-corrected chi connectivity index (χ4v) is 7.84. The van der Waals surface area contributed by atoms with Gasteiger partial charge in [-0.1, -0.05) is 0 Å². The van der Waals surface area contributed by atoms with Crippen LogP contribution in [0.2, 0.25) is 0 Å². The lowest BCUT2D eigenvalue weighted by molar-refractivity contribution is -0.131. The number of carbonyl (C=O) groups excluding carboxylic acids is 1. The Bertz CT molecular complexity index is 767. The number of hydrogen-bond acceptors (Lipinski definition) is 5. The van der Waals surface area contributed by atoms with Crippen LogP contribution in [0.4, 0.5) is 4.39 Å². The summed E-state index contributed by atoms with van der Waals surface area (Å²) in [6.07, 6.45) is 6.84. The molecule has 2 N–H and O–H groups in total. The van der Waals surface area contributed by atoms with Crippen LogP contribution < -0.4 is 10.0 Å². The molecule has 9 heteroatoms. The molecule has 0 aromatic rings. The second-order valence-electron chi connectivity index (χ2n) is 9.36. The standard InChI is InChI=1S/C19H29FN4O3S/c20-3-5-28(26,27)23-19-9-14-6-15(10-19)8-18(7-14,13-19)22-12-17(25)24-4-1-2-16(24)11-21/h14-16,22-23H,1-10,12-13H2/t14?,15?,16-,18?,19?/m0/s1. The lowest BCUT2D eigenvalue weighted by atomic mass is 9.50. The van der Waals surface area contributed by atoms with E-state index in [0.29, 0.717) is 24.8 Å². The van der Waals surface area contributed by atoms with Crippen LogP contribution in [0.5, 0.6) is 0 Å². The topological polar surface area (TPSA) is 102 Å². The van der Waals surface area contributed by atoms with Gasteiger partial charge in [0.25, 0.3) is 0 Å². The van der Waals surface area contributed by atoms with Crippen molar-refractivity contribution in [2.75, 3.05) is 25.5 Å². The lowest BCUT2D eigenvalue weighted by Crippen LogP contribution is -2.69. The molecule has 5 rings (SSSR count). The third-order valence-electron chi connectivity index (χ3n) is 7.12. The molecule has 4 aliphatic carbocycles. The first-order valence-electron chi connectivity index (χ1n) is 10.3. The zero-order chi connectivity index (χ0) is 20.0. The number of carbonyl (C=O) groups is 1. The van der Waals surface area contributed by atoms with Gasteiger partial charge in [-0.25, -0.2) is 17.5 Å². The molecule has 0 radical (unpaired) electrons. The molecule has 7 nitrogen and oxygen atoms in total. The van der Waals surface area contributed by atoms with Crippen LogP contribution in [-0.4, -0.2) is 61.9 Å². The molecule has 1 amide bonds. The summed E-state index contributed by atoms with van der Waals surface area (Å²) in [6, 6.07) is 1.87. The molecule has 1 heterocycles. The zero-order valence-electron chi connectivity index (χ0n) is 16.1. The van der Waals surface area contributed by atoms with Crippen LogP contribution in [0.15, 0.2) is 0 Å². The van der Waals surface area contributed by atoms with Crippen molar-refractivity contribution in [1.82, 2.24) is 14.9 Å². The van der Waals surface area contributed by atoms with Gasteiger partial charge in [-0.3, -0.25) is 4.79 Å². The number of amides is 1. The Kier molecular flexibility index (Phi) is 5.17. The molecule has 0 aromatic heterocycles. The van der Waals surface area contributed by atoms with Gasteiger partial charge in [0.2, 0.25) is 15.9 Å². The number of halogens is 1. The fourth-order valence-electron chi connectivity index (χ4n) is 6.64. The Morgan fingerprint density at radius 1 is 1.21 bits per heavy atom. The molecular weight excluding hydrogens is 383 g/mol. The SMILES string of the molecule is N#C[C@@H]1CCCN1C(=O)CNC12CC3CC(C1)CC(NS(=O)(=O)CCF)(C3)C2. The highest BCUT2D eigenvalue weighted by Gasteiger charge is 2.58. The molecule has 4 saturated carbocycles. The van der Waals surface area contributed by atoms with Crippen molar-refractivity contribution < 1.29 is 17.6 Å². The van der Waals surface area contributed by atoms with Crippen LogP contribution in [0, 0.1) is 23.2 Å². The highest BCUT2D eigenvalue weighted by atomic mass is 32.2. The first-order chi connectivity index (χ1) is 13.3. The monoisotopic (exact) mass is 412 g/mol. The van der Waals surface area contributed by atoms with Gasteiger partial charge in [0, 0.05) is 17.6 Å². The molecule has 2 unspecified atom stereocenters. The number of nitriles is 1. The molecule has 1 aliphatic heterocycles. The molecule has 156 valence electrons. The normalized spacial score (nSPS) is 39.3. The highest BCUT2D eigenvalue weighted by molar-refractivity contribution is 7.89. The first-order valence-corrected chi connectivity index (χ1v) is 11.9. The Labute approximate surface area is 166 Å². The van der Waals surface area contributed by atoms with E-state index in [1.165, 1.54) is 0 Å². The van der Waals surface area contributed by atoms with Gasteiger partial charge in [0.1, 0.15) is 12.7 Å². The lowest BCUT2D eigenvalue weighted by Gasteiger charge is -2.62. The van der Waals surface area contributed by atoms with Crippen LogP contribution in [0.1, 0.15) is 51.4 Å². The zero-order valence-corrected chi connectivity index (χ0v) is 16.9. The van der Waals surface area contributed by atoms with E-state index < -0.39 is 28.0 Å². The number of sulfonamides is 1. The van der Waals surface area contributed by atoms with Gasteiger partial charge < -0.3 is 10.2 Å². The maximum atomic E-state index is 12.7. The number of nitrogens with zero attached hydrogens (tertiary/aromatic N) is 2. The summed E-state index contributed by atoms with van der Waals surface area (Å²) in [5.74, 6) is 0.311. The minimum Gasteiger partial charge on any atom is -0.326 e. The molecule has 5 aliphatic rings. The Hall–Kier alpha value is -1.24. The first kappa shape index (κ1) is 20.0. The van der Waals surface area contributed by atoms with Crippen molar-refractivity contribution >= 4 is 15.9 Å². The maximum absolute atomic E-state index is 12.7. The Balaban J connectivity index is 1.46. The van der Waals surface area contributed by atoms with Crippen molar-refractivity contribution in [1.29, 1.82) is 5.26 Å². The summed E-state index contributed by atoms with van der Waals surface area (Å²) in [5, 5.41) is 12.7. The Morgan fingerprint density at radius 3 is 2.54 bits per heavy atom. The molecule has 4 bridgehead atoms. The third-order valence-corrected chi connectivity index (χ3v) is 8.55. The van der Waals surface area contributed by atoms with Crippen molar-refractivity contribution in [2.45, 2.75) is 68.5 Å². The number of hydrogen-bond donors (Lipinski definition) is 2. The summed E-state index contributed by atoms with van der Waals surface area (Å²) in [6.45, 7) is -0.0685. The number of rotatable bonds is 7. The number of alkyl halides is 1. The average Bonchev–Trinajstić information content (AvgIpc) is 3.06. The van der Waals surface area contributed by atoms with Crippen LogP contribution >= 0.6 is 0 Å². The molecule has 28 heavy (non-hydrogen) atoms. The van der Waals surface area contributed by atoms with Crippen LogP contribution in [0.25, 0.3) is 0 Å². The van der Waals surface area contributed by atoms with E-state index in [9.17, 15) is 22.9 Å². The molecular formula is C19H29FN4O3S. The van der Waals surface area contributed by atoms with Gasteiger partial charge >= 0.3 is 0 Å². The predicted octanol–water partition coefficient (Wildman–Crippen LogP) is 1.07. The smallest absolute Gasteiger partial charge is 0.237 e. The molecule has 5 fully saturated rings. The minimum atomic E-state index is -3.64. The van der Waals surface area contributed by atoms with E-state index in [-0.39, 0.29) is 24.0 Å². The molecule has 0 spiro atoms. The predicted molar refractivity (Wildman–Crippen MR) is 101 cm³/mol. The van der Waals surface area contributed by atoms with Crippen LogP contribution in [-0.2, 0) is 14.8 Å². The van der Waals surface area contributed by atoms with E-state index in [0.717, 1.165) is 44.9 Å². The summed E-state index contributed by atoms with van der Waals surface area (Å²) >= 11 is 0. The van der Waals surface area contributed by atoms with Gasteiger partial charge in [-0.15, -0.1) is 0 Å². The van der Waals surface area contributed by atoms with E-state index in [1.54, 1.807) is 4.90 Å². The number of likely N-dealkylation sites (tertiary alicyclic amines) is 1. The quantitative estimate of drug-likeness (QED) is 0.651. The van der Waals surface area contributed by atoms with E-state index in [4.69, 9.17) is 0 Å². The molecule has 3 atom stereocenters. The summed E-state index contributed by atoms with van der Waals surface area (Å²) in [5.41, 5.74) is -0.767. The van der Waals surface area contributed by atoms with Crippen molar-refractivity contribution in [2.24, 2.45) is 11.8 Å². The fraction of sp³-hybridized carbons (Fsp3) is 0.895. The number of nitrogens with one attached hydrogen (secondary N) is 2. The van der Waals surface area contributed by atoms with Gasteiger partial charge in [-0.2, -0.15) is 5.26 Å². The summed E-state index contributed by atoms with van der Waals surface area (Å²) in [7, 11) is -3.64. The van der Waals surface area contributed by atoms with E-state index in [2.05, 4.69) is 16.1 Å².